The number of cyclic esters (lactones) is 2. The summed E-state index contributed by atoms with van der Waals surface area (Å²) in [5.41, 5.74) is 1.18. The van der Waals surface area contributed by atoms with Gasteiger partial charge in [0, 0.05) is 12.3 Å². The molecule has 0 saturated heterocycles. The molecule has 0 saturated carbocycles. The van der Waals surface area contributed by atoms with Gasteiger partial charge in [-0.15, -0.1) is 0 Å². The minimum Gasteiger partial charge on any atom is -0.459 e. The zero-order valence-electron chi connectivity index (χ0n) is 12.3. The molecule has 0 bridgehead atoms. The summed E-state index contributed by atoms with van der Waals surface area (Å²) in [5.74, 6) is 3.02. The molecule has 1 unspecified atom stereocenters. The van der Waals surface area contributed by atoms with E-state index >= 15 is 0 Å². The molecule has 1 aliphatic rings. The van der Waals surface area contributed by atoms with E-state index in [-0.39, 0.29) is 0 Å². The molecular weight excluding hydrogens is 284 g/mol. The summed E-state index contributed by atoms with van der Waals surface area (Å²) < 4.78 is 9.19. The number of carbonyl (C=O) groups is 3. The normalized spacial score (nSPS) is 16.1. The average Bonchev–Trinajstić information content (AvgIpc) is 2.53. The first-order valence-corrected chi connectivity index (χ1v) is 7.05. The highest BCUT2D eigenvalue weighted by atomic mass is 16.6. The molecule has 0 N–H and O–H groups in total. The van der Waals surface area contributed by atoms with Crippen LogP contribution in [0.5, 0.6) is 0 Å². The van der Waals surface area contributed by atoms with Gasteiger partial charge < -0.3 is 9.47 Å². The largest absolute Gasteiger partial charge is 0.459 e. The number of rotatable bonds is 4. The van der Waals surface area contributed by atoms with Crippen LogP contribution in [0, 0.1) is 11.8 Å². The van der Waals surface area contributed by atoms with Gasteiger partial charge in [-0.2, -0.15) is 0 Å². The van der Waals surface area contributed by atoms with Crippen molar-refractivity contribution in [1.82, 2.24) is 0 Å². The Morgan fingerprint density at radius 2 is 2.05 bits per heavy atom. The number of hydrogen-bond acceptors (Lipinski definition) is 5. The molecule has 5 heteroatoms. The maximum Gasteiger partial charge on any atom is 0.384 e. The van der Waals surface area contributed by atoms with E-state index in [1.165, 1.54) is 7.11 Å². The van der Waals surface area contributed by atoms with E-state index in [1.807, 2.05) is 0 Å². The summed E-state index contributed by atoms with van der Waals surface area (Å²) in [6.45, 7) is 0. The lowest BCUT2D eigenvalue weighted by Gasteiger charge is -2.22. The minimum absolute atomic E-state index is 0.414. The lowest BCUT2D eigenvalue weighted by atomic mass is 9.88. The van der Waals surface area contributed by atoms with Crippen LogP contribution in [0.15, 0.2) is 24.3 Å². The van der Waals surface area contributed by atoms with Crippen LogP contribution in [0.3, 0.4) is 0 Å². The summed E-state index contributed by atoms with van der Waals surface area (Å²) in [6.07, 6.45) is 2.64. The van der Waals surface area contributed by atoms with Crippen molar-refractivity contribution >= 4 is 17.9 Å². The molecule has 5 nitrogen and oxygen atoms in total. The van der Waals surface area contributed by atoms with Crippen LogP contribution in [-0.4, -0.2) is 25.0 Å². The molecule has 114 valence electrons. The van der Waals surface area contributed by atoms with Gasteiger partial charge in [-0.25, -0.2) is 9.59 Å². The van der Waals surface area contributed by atoms with E-state index in [9.17, 15) is 14.4 Å². The van der Waals surface area contributed by atoms with E-state index in [1.54, 1.807) is 24.3 Å². The number of esters is 3. The van der Waals surface area contributed by atoms with Gasteiger partial charge in [-0.05, 0) is 24.5 Å². The lowest BCUT2D eigenvalue weighted by molar-refractivity contribution is -0.140. The summed E-state index contributed by atoms with van der Waals surface area (Å²) in [4.78, 5) is 34.3. The van der Waals surface area contributed by atoms with Crippen molar-refractivity contribution in [2.24, 2.45) is 0 Å². The Morgan fingerprint density at radius 3 is 2.82 bits per heavy atom. The van der Waals surface area contributed by atoms with Gasteiger partial charge in [-0.3, -0.25) is 4.79 Å². The van der Waals surface area contributed by atoms with E-state index in [4.69, 9.17) is 4.74 Å². The van der Waals surface area contributed by atoms with Gasteiger partial charge in [0.15, 0.2) is 0 Å². The van der Waals surface area contributed by atoms with Crippen molar-refractivity contribution in [3.8, 4) is 11.8 Å². The molecule has 0 radical (unpaired) electrons. The molecule has 0 aliphatic carbocycles. The second kappa shape index (κ2) is 7.41. The Labute approximate surface area is 128 Å². The van der Waals surface area contributed by atoms with E-state index in [0.717, 1.165) is 18.4 Å². The molecule has 0 aromatic heterocycles. The van der Waals surface area contributed by atoms with Crippen LogP contribution >= 0.6 is 0 Å². The predicted molar refractivity (Wildman–Crippen MR) is 77.9 cm³/mol. The fourth-order valence-electron chi connectivity index (χ4n) is 2.35. The maximum absolute atomic E-state index is 11.9. The SMILES string of the molecule is COC(=O)C#CCCCCC1C(=O)OC(=O)c2ccccc21. The number of fused-ring (bicyclic) bond motifs is 1. The fourth-order valence-corrected chi connectivity index (χ4v) is 2.35. The average molecular weight is 300 g/mol. The predicted octanol–water partition coefficient (Wildman–Crippen LogP) is 2.20. The summed E-state index contributed by atoms with van der Waals surface area (Å²) >= 11 is 0. The second-order valence-corrected chi connectivity index (χ2v) is 4.89. The van der Waals surface area contributed by atoms with Crippen LogP contribution in [0.25, 0.3) is 0 Å². The van der Waals surface area contributed by atoms with Crippen LogP contribution in [0.2, 0.25) is 0 Å². The molecule has 22 heavy (non-hydrogen) atoms. The summed E-state index contributed by atoms with van der Waals surface area (Å²) in [6, 6.07) is 7.00. The van der Waals surface area contributed by atoms with Crippen molar-refractivity contribution in [2.75, 3.05) is 7.11 Å². The number of hydrogen-bond donors (Lipinski definition) is 0. The van der Waals surface area contributed by atoms with Gasteiger partial charge in [0.05, 0.1) is 18.6 Å². The number of methoxy groups -OCH3 is 1. The zero-order valence-corrected chi connectivity index (χ0v) is 12.3. The Balaban J connectivity index is 1.91. The standard InChI is InChI=1S/C17H16O5/c1-21-15(18)11-5-3-2-4-9-13-12-8-6-7-10-14(12)17(20)22-16(13)19/h6-8,10,13H,2-4,9H2,1H3. The van der Waals surface area contributed by atoms with Crippen LogP contribution < -0.4 is 0 Å². The smallest absolute Gasteiger partial charge is 0.384 e. The maximum atomic E-state index is 11.9. The number of unbranched alkanes of at least 4 members (excludes halogenated alkanes) is 2. The molecule has 0 amide bonds. The Hall–Kier alpha value is -2.61. The third-order valence-electron chi connectivity index (χ3n) is 3.45. The second-order valence-electron chi connectivity index (χ2n) is 4.89. The first-order valence-electron chi connectivity index (χ1n) is 7.05. The Morgan fingerprint density at radius 1 is 1.27 bits per heavy atom. The highest BCUT2D eigenvalue weighted by Gasteiger charge is 2.33. The highest BCUT2D eigenvalue weighted by Crippen LogP contribution is 2.31. The highest BCUT2D eigenvalue weighted by molar-refractivity contribution is 6.04. The van der Waals surface area contributed by atoms with Crippen molar-refractivity contribution in [2.45, 2.75) is 31.6 Å². The molecule has 2 rings (SSSR count). The first kappa shape index (κ1) is 15.8. The van der Waals surface area contributed by atoms with Gasteiger partial charge >= 0.3 is 17.9 Å². The quantitative estimate of drug-likeness (QED) is 0.280. The van der Waals surface area contributed by atoms with Gasteiger partial charge in [-0.1, -0.05) is 30.5 Å². The van der Waals surface area contributed by atoms with Gasteiger partial charge in [0.25, 0.3) is 0 Å². The molecule has 0 spiro atoms. The number of benzene rings is 1. The Kier molecular flexibility index (Phi) is 5.31. The van der Waals surface area contributed by atoms with E-state index < -0.39 is 23.8 Å². The fraction of sp³-hybridized carbons (Fsp3) is 0.353. The van der Waals surface area contributed by atoms with Crippen molar-refractivity contribution in [1.29, 1.82) is 0 Å². The Bertz CT molecular complexity index is 651. The van der Waals surface area contributed by atoms with Crippen molar-refractivity contribution in [3.63, 3.8) is 0 Å². The molecule has 1 aromatic rings. The van der Waals surface area contributed by atoms with E-state index in [0.29, 0.717) is 18.4 Å². The summed E-state index contributed by atoms with van der Waals surface area (Å²) in [5, 5.41) is 0. The van der Waals surface area contributed by atoms with Crippen LogP contribution in [0.4, 0.5) is 0 Å². The molecule has 1 atom stereocenters. The van der Waals surface area contributed by atoms with Gasteiger partial charge in [0.2, 0.25) is 0 Å². The number of carbonyl (C=O) groups excluding carboxylic acids is 3. The summed E-state index contributed by atoms with van der Waals surface area (Å²) in [7, 11) is 1.28. The topological polar surface area (TPSA) is 69.7 Å². The molecular formula is C17H16O5. The van der Waals surface area contributed by atoms with Crippen LogP contribution in [-0.2, 0) is 19.1 Å². The van der Waals surface area contributed by atoms with Gasteiger partial charge in [0.1, 0.15) is 0 Å². The molecule has 1 heterocycles. The van der Waals surface area contributed by atoms with E-state index in [2.05, 4.69) is 16.6 Å². The zero-order chi connectivity index (χ0) is 15.9. The molecule has 1 aliphatic heterocycles. The lowest BCUT2D eigenvalue weighted by Crippen LogP contribution is -2.27. The first-order chi connectivity index (χ1) is 10.6. The molecule has 1 aromatic carbocycles. The third-order valence-corrected chi connectivity index (χ3v) is 3.45. The minimum atomic E-state index is -0.583. The van der Waals surface area contributed by atoms with Crippen molar-refractivity contribution < 1.29 is 23.9 Å². The monoisotopic (exact) mass is 300 g/mol. The van der Waals surface area contributed by atoms with Crippen LogP contribution in [0.1, 0.15) is 47.5 Å². The molecule has 0 fully saturated rings. The number of ether oxygens (including phenoxy) is 2. The van der Waals surface area contributed by atoms with Crippen molar-refractivity contribution in [3.05, 3.63) is 35.4 Å². The third kappa shape index (κ3) is 3.73.